The molecule has 1 aromatic rings. The predicted octanol–water partition coefficient (Wildman–Crippen LogP) is 1.09. The molecular formula is C14H24ClN3O3S. The van der Waals surface area contributed by atoms with E-state index in [0.29, 0.717) is 18.7 Å². The smallest absolute Gasteiger partial charge is 0.253 e. The van der Waals surface area contributed by atoms with Crippen LogP contribution in [0.1, 0.15) is 23.7 Å². The number of sulfonamides is 1. The molecule has 0 radical (unpaired) electrons. The van der Waals surface area contributed by atoms with Crippen molar-refractivity contribution in [1.82, 2.24) is 14.9 Å². The van der Waals surface area contributed by atoms with Gasteiger partial charge in [0.2, 0.25) is 10.0 Å². The summed E-state index contributed by atoms with van der Waals surface area (Å²) >= 11 is 0. The van der Waals surface area contributed by atoms with Crippen molar-refractivity contribution in [1.29, 1.82) is 0 Å². The van der Waals surface area contributed by atoms with E-state index in [1.54, 1.807) is 14.1 Å². The van der Waals surface area contributed by atoms with Crippen molar-refractivity contribution in [3.63, 3.8) is 0 Å². The lowest BCUT2D eigenvalue weighted by Gasteiger charge is -2.11. The van der Waals surface area contributed by atoms with Gasteiger partial charge in [-0.2, -0.15) is 0 Å². The van der Waals surface area contributed by atoms with Gasteiger partial charge in [-0.1, -0.05) is 6.92 Å². The number of nitrogens with zero attached hydrogens (tertiary/aromatic N) is 1. The number of halogens is 1. The van der Waals surface area contributed by atoms with Gasteiger partial charge in [-0.25, -0.2) is 13.1 Å². The number of hydrogen-bond donors (Lipinski definition) is 2. The van der Waals surface area contributed by atoms with Gasteiger partial charge in [0.1, 0.15) is 0 Å². The molecule has 6 nitrogen and oxygen atoms in total. The lowest BCUT2D eigenvalue weighted by atomic mass is 10.2. The van der Waals surface area contributed by atoms with Crippen LogP contribution in [0.2, 0.25) is 0 Å². The monoisotopic (exact) mass is 349 g/mol. The van der Waals surface area contributed by atoms with Crippen molar-refractivity contribution >= 4 is 28.3 Å². The number of benzene rings is 1. The fourth-order valence-corrected chi connectivity index (χ4v) is 2.73. The summed E-state index contributed by atoms with van der Waals surface area (Å²) in [6.45, 7) is 3.84. The highest BCUT2D eigenvalue weighted by Gasteiger charge is 2.14. The molecule has 8 heteroatoms. The highest BCUT2D eigenvalue weighted by atomic mass is 35.5. The van der Waals surface area contributed by atoms with Gasteiger partial charge in [0.25, 0.3) is 5.91 Å². The molecule has 22 heavy (non-hydrogen) atoms. The summed E-state index contributed by atoms with van der Waals surface area (Å²) in [5.41, 5.74) is 0.462. The maximum absolute atomic E-state index is 12.0. The Kier molecular flexibility index (Phi) is 9.27. The Bertz CT molecular complexity index is 559. The number of carbonyl (C=O) groups is 1. The van der Waals surface area contributed by atoms with E-state index in [4.69, 9.17) is 0 Å². The molecule has 1 aromatic carbocycles. The molecule has 126 valence electrons. The van der Waals surface area contributed by atoms with Gasteiger partial charge in [0.05, 0.1) is 4.90 Å². The number of hydrogen-bond acceptors (Lipinski definition) is 4. The normalized spacial score (nSPS) is 10.9. The summed E-state index contributed by atoms with van der Waals surface area (Å²) in [6, 6.07) is 5.93. The zero-order valence-corrected chi connectivity index (χ0v) is 14.8. The molecule has 0 aliphatic carbocycles. The Morgan fingerprint density at radius 2 is 1.68 bits per heavy atom. The van der Waals surface area contributed by atoms with Crippen LogP contribution in [-0.2, 0) is 10.0 Å². The summed E-state index contributed by atoms with van der Waals surface area (Å²) in [6.07, 6.45) is 1.01. The van der Waals surface area contributed by atoms with Crippen LogP contribution in [0.4, 0.5) is 0 Å². The van der Waals surface area contributed by atoms with Gasteiger partial charge in [-0.15, -0.1) is 12.4 Å². The molecule has 0 spiro atoms. The van der Waals surface area contributed by atoms with E-state index in [9.17, 15) is 13.2 Å². The molecular weight excluding hydrogens is 326 g/mol. The molecule has 0 aliphatic rings. The Morgan fingerprint density at radius 3 is 2.18 bits per heavy atom. The van der Waals surface area contributed by atoms with E-state index >= 15 is 0 Å². The summed E-state index contributed by atoms with van der Waals surface area (Å²) in [5.74, 6) is -0.157. The molecule has 0 saturated heterocycles. The Hall–Kier alpha value is -1.15. The largest absolute Gasteiger partial charge is 0.345 e. The van der Waals surface area contributed by atoms with E-state index in [1.807, 2.05) is 6.92 Å². The van der Waals surface area contributed by atoms with Crippen LogP contribution in [-0.4, -0.2) is 53.0 Å². The molecule has 0 atom stereocenters. The molecule has 0 aliphatic heterocycles. The van der Waals surface area contributed by atoms with Crippen LogP contribution in [0.3, 0.4) is 0 Å². The van der Waals surface area contributed by atoms with Gasteiger partial charge in [-0.05, 0) is 37.2 Å². The van der Waals surface area contributed by atoms with E-state index in [2.05, 4.69) is 10.0 Å². The highest BCUT2D eigenvalue weighted by Crippen LogP contribution is 2.11. The summed E-state index contributed by atoms with van der Waals surface area (Å²) in [7, 11) is -0.224. The maximum Gasteiger partial charge on any atom is 0.253 e. The lowest BCUT2D eigenvalue weighted by molar-refractivity contribution is 0.0827. The third-order valence-electron chi connectivity index (χ3n) is 2.84. The van der Waals surface area contributed by atoms with Crippen molar-refractivity contribution in [2.45, 2.75) is 18.2 Å². The Balaban J connectivity index is 0.00000441. The number of rotatable bonds is 8. The van der Waals surface area contributed by atoms with Gasteiger partial charge in [-0.3, -0.25) is 4.79 Å². The van der Waals surface area contributed by atoms with E-state index in [-0.39, 0.29) is 23.2 Å². The zero-order chi connectivity index (χ0) is 15.9. The summed E-state index contributed by atoms with van der Waals surface area (Å²) in [4.78, 5) is 13.3. The van der Waals surface area contributed by atoms with Gasteiger partial charge < -0.3 is 10.2 Å². The van der Waals surface area contributed by atoms with Crippen LogP contribution in [0.15, 0.2) is 29.2 Å². The third kappa shape index (κ3) is 6.31. The number of amides is 1. The molecule has 2 N–H and O–H groups in total. The van der Waals surface area contributed by atoms with Crippen LogP contribution in [0, 0.1) is 0 Å². The standard InChI is InChI=1S/C14H23N3O3S.ClH/c1-4-9-15-10-11-16-21(19,20)13-7-5-12(6-8-13)14(18)17(2)3;/h5-8,15-16H,4,9-11H2,1-3H3;1H. The second-order valence-corrected chi connectivity index (χ2v) is 6.64. The van der Waals surface area contributed by atoms with Gasteiger partial charge >= 0.3 is 0 Å². The topological polar surface area (TPSA) is 78.5 Å². The van der Waals surface area contributed by atoms with Crippen molar-refractivity contribution < 1.29 is 13.2 Å². The minimum absolute atomic E-state index is 0. The van der Waals surface area contributed by atoms with E-state index < -0.39 is 10.0 Å². The minimum atomic E-state index is -3.53. The molecule has 0 fully saturated rings. The quantitative estimate of drug-likeness (QED) is 0.689. The molecule has 0 heterocycles. The predicted molar refractivity (Wildman–Crippen MR) is 90.1 cm³/mol. The molecule has 1 amide bonds. The van der Waals surface area contributed by atoms with Crippen molar-refractivity contribution in [2.24, 2.45) is 0 Å². The first kappa shape index (κ1) is 20.9. The first-order valence-electron chi connectivity index (χ1n) is 6.90. The third-order valence-corrected chi connectivity index (χ3v) is 4.32. The van der Waals surface area contributed by atoms with Crippen LogP contribution in [0.25, 0.3) is 0 Å². The summed E-state index contributed by atoms with van der Waals surface area (Å²) in [5, 5.41) is 3.12. The van der Waals surface area contributed by atoms with Crippen LogP contribution in [0.5, 0.6) is 0 Å². The fraction of sp³-hybridized carbons (Fsp3) is 0.500. The molecule has 0 aromatic heterocycles. The average Bonchev–Trinajstić information content (AvgIpc) is 2.46. The Morgan fingerprint density at radius 1 is 1.09 bits per heavy atom. The fourth-order valence-electron chi connectivity index (χ4n) is 1.69. The van der Waals surface area contributed by atoms with Crippen molar-refractivity contribution in [2.75, 3.05) is 33.7 Å². The molecule has 0 bridgehead atoms. The van der Waals surface area contributed by atoms with Gasteiger partial charge in [0.15, 0.2) is 0 Å². The number of nitrogens with one attached hydrogen (secondary N) is 2. The SMILES string of the molecule is CCCNCCNS(=O)(=O)c1ccc(C(=O)N(C)C)cc1.Cl. The average molecular weight is 350 g/mol. The minimum Gasteiger partial charge on any atom is -0.345 e. The van der Waals surface area contributed by atoms with E-state index in [0.717, 1.165) is 13.0 Å². The molecule has 0 unspecified atom stereocenters. The summed E-state index contributed by atoms with van der Waals surface area (Å²) < 4.78 is 26.6. The molecule has 1 rings (SSSR count). The van der Waals surface area contributed by atoms with Crippen molar-refractivity contribution in [3.05, 3.63) is 29.8 Å². The van der Waals surface area contributed by atoms with Crippen LogP contribution < -0.4 is 10.0 Å². The van der Waals surface area contributed by atoms with Crippen LogP contribution >= 0.6 is 12.4 Å². The van der Waals surface area contributed by atoms with Gasteiger partial charge in [0, 0.05) is 32.7 Å². The first-order valence-corrected chi connectivity index (χ1v) is 8.39. The highest BCUT2D eigenvalue weighted by molar-refractivity contribution is 7.89. The zero-order valence-electron chi connectivity index (χ0n) is 13.1. The van der Waals surface area contributed by atoms with E-state index in [1.165, 1.54) is 29.2 Å². The Labute approximate surface area is 138 Å². The second-order valence-electron chi connectivity index (χ2n) is 4.87. The lowest BCUT2D eigenvalue weighted by Crippen LogP contribution is -2.32. The number of carbonyl (C=O) groups excluding carboxylic acids is 1. The maximum atomic E-state index is 12.0. The first-order chi connectivity index (χ1) is 9.88. The molecule has 0 saturated carbocycles. The second kappa shape index (κ2) is 9.78. The van der Waals surface area contributed by atoms with Crippen molar-refractivity contribution in [3.8, 4) is 0 Å².